The number of halogens is 1. The van der Waals surface area contributed by atoms with Crippen LogP contribution in [0.5, 0.6) is 0 Å². The predicted molar refractivity (Wildman–Crippen MR) is 92.1 cm³/mol. The van der Waals surface area contributed by atoms with Gasteiger partial charge in [0.1, 0.15) is 5.15 Å². The SMILES string of the molecule is Clc1ccc(Nc2nc(-c3ccc(C4CC4)cc3)cs2)cn1. The zero-order chi connectivity index (χ0) is 14.9. The molecule has 3 aromatic rings. The molecule has 0 radical (unpaired) electrons. The first-order chi connectivity index (χ1) is 10.8. The molecule has 0 atom stereocenters. The minimum Gasteiger partial charge on any atom is -0.330 e. The third-order valence-corrected chi connectivity index (χ3v) is 4.72. The van der Waals surface area contributed by atoms with Crippen LogP contribution in [0.15, 0.2) is 48.0 Å². The molecule has 110 valence electrons. The van der Waals surface area contributed by atoms with Crippen molar-refractivity contribution in [1.29, 1.82) is 0 Å². The number of nitrogens with one attached hydrogen (secondary N) is 1. The van der Waals surface area contributed by atoms with Gasteiger partial charge in [0.25, 0.3) is 0 Å². The number of pyridine rings is 1. The molecule has 1 aliphatic rings. The largest absolute Gasteiger partial charge is 0.330 e. The van der Waals surface area contributed by atoms with E-state index in [9.17, 15) is 0 Å². The molecule has 1 aromatic carbocycles. The summed E-state index contributed by atoms with van der Waals surface area (Å²) in [5, 5.41) is 6.65. The Morgan fingerprint density at radius 3 is 2.59 bits per heavy atom. The van der Waals surface area contributed by atoms with Crippen molar-refractivity contribution >= 4 is 33.8 Å². The number of thiazole rings is 1. The molecule has 1 N–H and O–H groups in total. The molecule has 2 heterocycles. The van der Waals surface area contributed by atoms with Gasteiger partial charge in [-0.2, -0.15) is 0 Å². The minimum absolute atomic E-state index is 0.487. The second-order valence-electron chi connectivity index (χ2n) is 5.43. The Kier molecular flexibility index (Phi) is 3.56. The van der Waals surface area contributed by atoms with Crippen LogP contribution in [0.2, 0.25) is 5.15 Å². The summed E-state index contributed by atoms with van der Waals surface area (Å²) in [5.74, 6) is 0.791. The first-order valence-corrected chi connectivity index (χ1v) is 8.48. The molecule has 5 heteroatoms. The van der Waals surface area contributed by atoms with E-state index in [1.165, 1.54) is 18.4 Å². The van der Waals surface area contributed by atoms with Crippen LogP contribution in [-0.2, 0) is 0 Å². The molecular formula is C17H14ClN3S. The molecule has 0 bridgehead atoms. The highest BCUT2D eigenvalue weighted by molar-refractivity contribution is 7.14. The maximum absolute atomic E-state index is 5.79. The molecule has 0 aliphatic heterocycles. The summed E-state index contributed by atoms with van der Waals surface area (Å²) in [7, 11) is 0. The molecular weight excluding hydrogens is 314 g/mol. The fourth-order valence-electron chi connectivity index (χ4n) is 2.38. The number of hydrogen-bond donors (Lipinski definition) is 1. The Hall–Kier alpha value is -1.91. The van der Waals surface area contributed by atoms with Crippen molar-refractivity contribution in [3.05, 3.63) is 58.7 Å². The predicted octanol–water partition coefficient (Wildman–Crippen LogP) is 5.48. The third-order valence-electron chi connectivity index (χ3n) is 3.74. The van der Waals surface area contributed by atoms with Gasteiger partial charge in [-0.15, -0.1) is 11.3 Å². The van der Waals surface area contributed by atoms with Gasteiger partial charge in [-0.25, -0.2) is 9.97 Å². The van der Waals surface area contributed by atoms with E-state index < -0.39 is 0 Å². The van der Waals surface area contributed by atoms with Gasteiger partial charge in [0.2, 0.25) is 0 Å². The average Bonchev–Trinajstić information content (AvgIpc) is 3.30. The summed E-state index contributed by atoms with van der Waals surface area (Å²) in [6.07, 6.45) is 4.37. The lowest BCUT2D eigenvalue weighted by Crippen LogP contribution is -1.90. The molecule has 4 rings (SSSR count). The van der Waals surface area contributed by atoms with E-state index in [-0.39, 0.29) is 0 Å². The molecule has 0 unspecified atom stereocenters. The van der Waals surface area contributed by atoms with E-state index in [1.807, 2.05) is 6.07 Å². The topological polar surface area (TPSA) is 37.8 Å². The standard InChI is InChI=1S/C17H14ClN3S/c18-16-8-7-14(9-19-16)20-17-21-15(10-22-17)13-5-3-12(4-6-13)11-1-2-11/h3-11H,1-2H2,(H,20,21). The average molecular weight is 328 g/mol. The Morgan fingerprint density at radius 1 is 1.09 bits per heavy atom. The van der Waals surface area contributed by atoms with Crippen LogP contribution < -0.4 is 5.32 Å². The first-order valence-electron chi connectivity index (χ1n) is 7.22. The molecule has 0 saturated heterocycles. The summed E-state index contributed by atoms with van der Waals surface area (Å²) in [6.45, 7) is 0. The van der Waals surface area contributed by atoms with Gasteiger partial charge in [-0.1, -0.05) is 35.9 Å². The fraction of sp³-hybridized carbons (Fsp3) is 0.176. The highest BCUT2D eigenvalue weighted by atomic mass is 35.5. The van der Waals surface area contributed by atoms with Crippen molar-refractivity contribution in [2.45, 2.75) is 18.8 Å². The maximum atomic E-state index is 5.79. The number of anilines is 2. The molecule has 2 aromatic heterocycles. The number of hydrogen-bond acceptors (Lipinski definition) is 4. The van der Waals surface area contributed by atoms with Crippen molar-refractivity contribution in [3.8, 4) is 11.3 Å². The lowest BCUT2D eigenvalue weighted by Gasteiger charge is -2.02. The number of aromatic nitrogens is 2. The van der Waals surface area contributed by atoms with E-state index in [2.05, 4.69) is 44.9 Å². The summed E-state index contributed by atoms with van der Waals surface area (Å²) in [6, 6.07) is 12.4. The Balaban J connectivity index is 1.51. The van der Waals surface area contributed by atoms with Crippen molar-refractivity contribution in [2.75, 3.05) is 5.32 Å². The van der Waals surface area contributed by atoms with Gasteiger partial charge in [0.05, 0.1) is 17.6 Å². The second-order valence-corrected chi connectivity index (χ2v) is 6.67. The van der Waals surface area contributed by atoms with E-state index in [4.69, 9.17) is 11.6 Å². The maximum Gasteiger partial charge on any atom is 0.187 e. The van der Waals surface area contributed by atoms with Gasteiger partial charge < -0.3 is 5.32 Å². The lowest BCUT2D eigenvalue weighted by molar-refractivity contribution is 1.13. The lowest BCUT2D eigenvalue weighted by atomic mass is 10.1. The van der Waals surface area contributed by atoms with E-state index in [0.29, 0.717) is 5.15 Å². The molecule has 1 saturated carbocycles. The summed E-state index contributed by atoms with van der Waals surface area (Å²) in [4.78, 5) is 8.69. The van der Waals surface area contributed by atoms with Gasteiger partial charge in [-0.3, -0.25) is 0 Å². The van der Waals surface area contributed by atoms with Crippen molar-refractivity contribution in [2.24, 2.45) is 0 Å². The molecule has 3 nitrogen and oxygen atoms in total. The van der Waals surface area contributed by atoms with Crippen LogP contribution in [0.1, 0.15) is 24.3 Å². The minimum atomic E-state index is 0.487. The van der Waals surface area contributed by atoms with Crippen LogP contribution in [0, 0.1) is 0 Å². The Morgan fingerprint density at radius 2 is 1.91 bits per heavy atom. The monoisotopic (exact) mass is 327 g/mol. The first kappa shape index (κ1) is 13.7. The van der Waals surface area contributed by atoms with Gasteiger partial charge in [-0.05, 0) is 36.5 Å². The molecule has 0 spiro atoms. The van der Waals surface area contributed by atoms with Gasteiger partial charge in [0, 0.05) is 10.9 Å². The Labute approximate surface area is 138 Å². The highest BCUT2D eigenvalue weighted by Crippen LogP contribution is 2.40. The number of nitrogens with zero attached hydrogens (tertiary/aromatic N) is 2. The molecule has 0 amide bonds. The van der Waals surface area contributed by atoms with Gasteiger partial charge in [0.15, 0.2) is 5.13 Å². The zero-order valence-electron chi connectivity index (χ0n) is 11.8. The molecule has 22 heavy (non-hydrogen) atoms. The highest BCUT2D eigenvalue weighted by Gasteiger charge is 2.23. The van der Waals surface area contributed by atoms with Crippen LogP contribution in [0.4, 0.5) is 10.8 Å². The molecule has 1 fully saturated rings. The molecule has 1 aliphatic carbocycles. The summed E-state index contributed by atoms with van der Waals surface area (Å²) in [5.41, 5.74) is 4.48. The van der Waals surface area contributed by atoms with Crippen LogP contribution >= 0.6 is 22.9 Å². The fourth-order valence-corrected chi connectivity index (χ4v) is 3.23. The van der Waals surface area contributed by atoms with E-state index >= 15 is 0 Å². The van der Waals surface area contributed by atoms with Crippen LogP contribution in [0.25, 0.3) is 11.3 Å². The van der Waals surface area contributed by atoms with Crippen molar-refractivity contribution < 1.29 is 0 Å². The Bertz CT molecular complexity index is 776. The summed E-state index contributed by atoms with van der Waals surface area (Å²) >= 11 is 7.37. The van der Waals surface area contributed by atoms with Gasteiger partial charge >= 0.3 is 0 Å². The second kappa shape index (κ2) is 5.71. The van der Waals surface area contributed by atoms with E-state index in [0.717, 1.165) is 28.0 Å². The normalized spacial score (nSPS) is 14.0. The quantitative estimate of drug-likeness (QED) is 0.645. The van der Waals surface area contributed by atoms with Crippen LogP contribution in [0.3, 0.4) is 0 Å². The third kappa shape index (κ3) is 2.98. The zero-order valence-corrected chi connectivity index (χ0v) is 13.4. The van der Waals surface area contributed by atoms with Crippen LogP contribution in [-0.4, -0.2) is 9.97 Å². The number of benzene rings is 1. The summed E-state index contributed by atoms with van der Waals surface area (Å²) < 4.78 is 0. The number of rotatable bonds is 4. The smallest absolute Gasteiger partial charge is 0.187 e. The van der Waals surface area contributed by atoms with E-state index in [1.54, 1.807) is 23.6 Å². The van der Waals surface area contributed by atoms with Crippen molar-refractivity contribution in [3.63, 3.8) is 0 Å². The van der Waals surface area contributed by atoms with Crippen molar-refractivity contribution in [1.82, 2.24) is 9.97 Å².